The second-order valence-corrected chi connectivity index (χ2v) is 9.76. The molecule has 0 bridgehead atoms. The van der Waals surface area contributed by atoms with E-state index in [1.54, 1.807) is 0 Å². The zero-order valence-electron chi connectivity index (χ0n) is 19.7. The van der Waals surface area contributed by atoms with E-state index in [-0.39, 0.29) is 18.0 Å². The molecule has 3 heterocycles. The maximum atomic E-state index is 13.0. The lowest BCUT2D eigenvalue weighted by Crippen LogP contribution is -2.46. The van der Waals surface area contributed by atoms with Crippen LogP contribution in [0.5, 0.6) is 0 Å². The molecule has 1 aromatic carbocycles. The van der Waals surface area contributed by atoms with Gasteiger partial charge in [-0.1, -0.05) is 50.1 Å². The summed E-state index contributed by atoms with van der Waals surface area (Å²) < 4.78 is 2.01. The molecular weight excluding hydrogens is 412 g/mol. The van der Waals surface area contributed by atoms with Crippen LogP contribution in [0.15, 0.2) is 48.7 Å². The third kappa shape index (κ3) is 4.80. The molecule has 33 heavy (non-hydrogen) atoms. The van der Waals surface area contributed by atoms with E-state index in [9.17, 15) is 4.79 Å². The molecule has 3 aromatic rings. The Morgan fingerprint density at radius 3 is 2.70 bits per heavy atom. The number of amides is 1. The van der Waals surface area contributed by atoms with E-state index in [0.29, 0.717) is 11.5 Å². The lowest BCUT2D eigenvalue weighted by molar-refractivity contribution is 0.0852. The number of nitrogens with one attached hydrogen (secondary N) is 1. The Kier molecular flexibility index (Phi) is 6.42. The van der Waals surface area contributed by atoms with Crippen LogP contribution < -0.4 is 5.32 Å². The number of carbonyl (C=O) groups is 1. The van der Waals surface area contributed by atoms with Gasteiger partial charge in [-0.15, -0.1) is 10.2 Å². The number of fused-ring (bicyclic) bond motifs is 1. The molecule has 0 spiro atoms. The van der Waals surface area contributed by atoms with Gasteiger partial charge < -0.3 is 5.32 Å². The van der Waals surface area contributed by atoms with Gasteiger partial charge in [-0.2, -0.15) is 0 Å². The Morgan fingerprint density at radius 2 is 1.88 bits per heavy atom. The van der Waals surface area contributed by atoms with Gasteiger partial charge in [0.05, 0.1) is 11.6 Å². The number of piperazine rings is 1. The van der Waals surface area contributed by atoms with E-state index in [1.165, 1.54) is 24.8 Å². The molecule has 7 heteroatoms. The number of pyridine rings is 1. The Morgan fingerprint density at radius 1 is 1.06 bits per heavy atom. The van der Waals surface area contributed by atoms with Crippen molar-refractivity contribution in [2.45, 2.75) is 51.2 Å². The summed E-state index contributed by atoms with van der Waals surface area (Å²) in [5.74, 6) is 1.42. The second-order valence-electron chi connectivity index (χ2n) is 9.76. The lowest BCUT2D eigenvalue weighted by Gasteiger charge is -2.38. The highest BCUT2D eigenvalue weighted by atomic mass is 16.1. The SMILES string of the molecule is CC1CCCCC1NC(=O)c1ccc2nnc(C3CN(Cc4ccccc4)CCN3C)n2c1. The van der Waals surface area contributed by atoms with Gasteiger partial charge in [0.2, 0.25) is 0 Å². The summed E-state index contributed by atoms with van der Waals surface area (Å²) in [5, 5.41) is 12.2. The van der Waals surface area contributed by atoms with E-state index in [2.05, 4.69) is 69.6 Å². The molecule has 1 aliphatic heterocycles. The molecule has 3 atom stereocenters. The first-order valence-corrected chi connectivity index (χ1v) is 12.2. The average Bonchev–Trinajstić information content (AvgIpc) is 3.25. The Labute approximate surface area is 195 Å². The predicted molar refractivity (Wildman–Crippen MR) is 129 cm³/mol. The fourth-order valence-corrected chi connectivity index (χ4v) is 5.25. The fraction of sp³-hybridized carbons (Fsp3) is 0.500. The smallest absolute Gasteiger partial charge is 0.253 e. The highest BCUT2D eigenvalue weighted by Gasteiger charge is 2.30. The zero-order chi connectivity index (χ0) is 22.8. The molecular formula is C26H34N6O. The van der Waals surface area contributed by atoms with Crippen LogP contribution in [0.3, 0.4) is 0 Å². The van der Waals surface area contributed by atoms with Gasteiger partial charge in [0.1, 0.15) is 0 Å². The molecule has 174 valence electrons. The van der Waals surface area contributed by atoms with Crippen molar-refractivity contribution in [2.75, 3.05) is 26.7 Å². The molecule has 1 amide bonds. The van der Waals surface area contributed by atoms with Crippen molar-refractivity contribution in [2.24, 2.45) is 5.92 Å². The molecule has 1 N–H and O–H groups in total. The summed E-state index contributed by atoms with van der Waals surface area (Å²) in [6.07, 6.45) is 6.62. The quantitative estimate of drug-likeness (QED) is 0.650. The standard InChI is InChI=1S/C26H34N6O/c1-19-8-6-7-11-22(19)27-26(33)21-12-13-24-28-29-25(32(24)17-21)23-18-31(15-14-30(23)2)16-20-9-4-3-5-10-20/h3-5,9-10,12-13,17,19,22-23H,6-8,11,14-16,18H2,1-2H3,(H,27,33). The fourth-order valence-electron chi connectivity index (χ4n) is 5.25. The van der Waals surface area contributed by atoms with E-state index in [4.69, 9.17) is 0 Å². The molecule has 0 radical (unpaired) electrons. The van der Waals surface area contributed by atoms with Crippen LogP contribution in [-0.2, 0) is 6.54 Å². The van der Waals surface area contributed by atoms with Crippen LogP contribution in [-0.4, -0.2) is 63.0 Å². The summed E-state index contributed by atoms with van der Waals surface area (Å²) in [4.78, 5) is 17.9. The maximum Gasteiger partial charge on any atom is 0.253 e. The van der Waals surface area contributed by atoms with Gasteiger partial charge in [0, 0.05) is 38.4 Å². The maximum absolute atomic E-state index is 13.0. The summed E-state index contributed by atoms with van der Waals surface area (Å²) >= 11 is 0. The normalized spacial score (nSPS) is 24.7. The third-order valence-electron chi connectivity index (χ3n) is 7.40. The summed E-state index contributed by atoms with van der Waals surface area (Å²) in [5.41, 5.74) is 2.77. The van der Waals surface area contributed by atoms with Crippen LogP contribution in [0, 0.1) is 5.92 Å². The van der Waals surface area contributed by atoms with Gasteiger partial charge in [-0.25, -0.2) is 0 Å². The minimum atomic E-state index is -0.00185. The van der Waals surface area contributed by atoms with Crippen LogP contribution in [0.1, 0.15) is 60.4 Å². The van der Waals surface area contributed by atoms with Crippen LogP contribution in [0.2, 0.25) is 0 Å². The van der Waals surface area contributed by atoms with Crippen molar-refractivity contribution < 1.29 is 4.79 Å². The Bertz CT molecular complexity index is 1100. The molecule has 2 aromatic heterocycles. The highest BCUT2D eigenvalue weighted by Crippen LogP contribution is 2.26. The molecule has 2 fully saturated rings. The van der Waals surface area contributed by atoms with E-state index < -0.39 is 0 Å². The van der Waals surface area contributed by atoms with Gasteiger partial charge in [-0.05, 0) is 43.5 Å². The van der Waals surface area contributed by atoms with Crippen molar-refractivity contribution in [3.05, 3.63) is 65.6 Å². The minimum absolute atomic E-state index is 0.00185. The number of hydrogen-bond acceptors (Lipinski definition) is 5. The minimum Gasteiger partial charge on any atom is -0.349 e. The van der Waals surface area contributed by atoms with Crippen molar-refractivity contribution in [1.29, 1.82) is 0 Å². The van der Waals surface area contributed by atoms with Crippen LogP contribution in [0.25, 0.3) is 5.65 Å². The van der Waals surface area contributed by atoms with Crippen molar-refractivity contribution in [3.8, 4) is 0 Å². The molecule has 5 rings (SSSR count). The summed E-state index contributed by atoms with van der Waals surface area (Å²) in [6, 6.07) is 14.7. The topological polar surface area (TPSA) is 65.8 Å². The predicted octanol–water partition coefficient (Wildman–Crippen LogP) is 3.53. The Hall–Kier alpha value is -2.77. The van der Waals surface area contributed by atoms with Gasteiger partial charge in [0.15, 0.2) is 11.5 Å². The molecule has 1 saturated heterocycles. The third-order valence-corrected chi connectivity index (χ3v) is 7.40. The van der Waals surface area contributed by atoms with Crippen molar-refractivity contribution >= 4 is 11.6 Å². The van der Waals surface area contributed by atoms with E-state index in [0.717, 1.165) is 44.1 Å². The van der Waals surface area contributed by atoms with Crippen LogP contribution >= 0.6 is 0 Å². The molecule has 1 aliphatic carbocycles. The lowest BCUT2D eigenvalue weighted by atomic mass is 9.86. The number of aromatic nitrogens is 3. The average molecular weight is 447 g/mol. The molecule has 1 saturated carbocycles. The monoisotopic (exact) mass is 446 g/mol. The molecule has 2 aliphatic rings. The number of carbonyl (C=O) groups excluding carboxylic acids is 1. The Balaban J connectivity index is 1.35. The first kappa shape index (κ1) is 22.0. The van der Waals surface area contributed by atoms with Gasteiger partial charge >= 0.3 is 0 Å². The number of hydrogen-bond donors (Lipinski definition) is 1. The van der Waals surface area contributed by atoms with Gasteiger partial charge in [-0.3, -0.25) is 19.0 Å². The second kappa shape index (κ2) is 9.61. The van der Waals surface area contributed by atoms with E-state index in [1.807, 2.05) is 22.7 Å². The first-order chi connectivity index (χ1) is 16.1. The van der Waals surface area contributed by atoms with Crippen molar-refractivity contribution in [1.82, 2.24) is 29.7 Å². The number of likely N-dealkylation sites (N-methyl/N-ethyl adjacent to an activating group) is 1. The van der Waals surface area contributed by atoms with Gasteiger partial charge in [0.25, 0.3) is 5.91 Å². The molecule has 3 unspecified atom stereocenters. The van der Waals surface area contributed by atoms with E-state index >= 15 is 0 Å². The summed E-state index contributed by atoms with van der Waals surface area (Å²) in [6.45, 7) is 6.03. The number of nitrogens with zero attached hydrogens (tertiary/aromatic N) is 5. The molecule has 7 nitrogen and oxygen atoms in total. The first-order valence-electron chi connectivity index (χ1n) is 12.2. The number of benzene rings is 1. The largest absolute Gasteiger partial charge is 0.349 e. The number of rotatable bonds is 5. The van der Waals surface area contributed by atoms with Crippen molar-refractivity contribution in [3.63, 3.8) is 0 Å². The van der Waals surface area contributed by atoms with Crippen LogP contribution in [0.4, 0.5) is 0 Å². The summed E-state index contributed by atoms with van der Waals surface area (Å²) in [7, 11) is 2.15. The highest BCUT2D eigenvalue weighted by molar-refractivity contribution is 5.94. The zero-order valence-corrected chi connectivity index (χ0v) is 19.7.